The van der Waals surface area contributed by atoms with Crippen LogP contribution in [-0.4, -0.2) is 39.1 Å². The van der Waals surface area contributed by atoms with Gasteiger partial charge in [0.15, 0.2) is 0 Å². The normalized spacial score (nSPS) is 17.8. The van der Waals surface area contributed by atoms with E-state index in [4.69, 9.17) is 9.47 Å². The molecule has 1 saturated heterocycles. The Morgan fingerprint density at radius 3 is 2.76 bits per heavy atom. The van der Waals surface area contributed by atoms with Crippen LogP contribution in [0.2, 0.25) is 0 Å². The van der Waals surface area contributed by atoms with Crippen molar-refractivity contribution in [3.8, 4) is 11.5 Å². The van der Waals surface area contributed by atoms with Crippen molar-refractivity contribution in [1.82, 2.24) is 5.32 Å². The number of hydrogen-bond donors (Lipinski definition) is 1. The van der Waals surface area contributed by atoms with Crippen molar-refractivity contribution in [2.45, 2.75) is 13.3 Å². The van der Waals surface area contributed by atoms with Gasteiger partial charge in [-0.2, -0.15) is 0 Å². The number of carbonyl (C=O) groups excluding carboxylic acids is 2. The van der Waals surface area contributed by atoms with E-state index in [1.165, 1.54) is 0 Å². The molecule has 0 saturated carbocycles. The lowest BCUT2D eigenvalue weighted by Gasteiger charge is -2.20. The SMILES string of the molecule is CCNC(=O)[C@H]1CC(=O)N(c2cc(OC)ccc2OC)C1. The highest BCUT2D eigenvalue weighted by Crippen LogP contribution is 2.35. The minimum atomic E-state index is -0.326. The first-order valence-corrected chi connectivity index (χ1v) is 6.90. The van der Waals surface area contributed by atoms with Gasteiger partial charge in [0.1, 0.15) is 11.5 Å². The van der Waals surface area contributed by atoms with Gasteiger partial charge in [-0.3, -0.25) is 9.59 Å². The number of benzene rings is 1. The molecular weight excluding hydrogens is 272 g/mol. The van der Waals surface area contributed by atoms with E-state index in [9.17, 15) is 9.59 Å². The fourth-order valence-electron chi connectivity index (χ4n) is 2.44. The van der Waals surface area contributed by atoms with Crippen LogP contribution in [0.15, 0.2) is 18.2 Å². The van der Waals surface area contributed by atoms with Crippen molar-refractivity contribution in [3.63, 3.8) is 0 Å². The van der Waals surface area contributed by atoms with Crippen molar-refractivity contribution >= 4 is 17.5 Å². The van der Waals surface area contributed by atoms with Gasteiger partial charge in [-0.25, -0.2) is 0 Å². The third-order valence-electron chi connectivity index (χ3n) is 3.52. The minimum Gasteiger partial charge on any atom is -0.497 e. The van der Waals surface area contributed by atoms with Gasteiger partial charge >= 0.3 is 0 Å². The Hall–Kier alpha value is -2.24. The quantitative estimate of drug-likeness (QED) is 0.885. The van der Waals surface area contributed by atoms with E-state index in [1.54, 1.807) is 37.3 Å². The molecule has 0 unspecified atom stereocenters. The molecule has 0 bridgehead atoms. The summed E-state index contributed by atoms with van der Waals surface area (Å²) in [4.78, 5) is 25.7. The van der Waals surface area contributed by atoms with Gasteiger partial charge in [0.2, 0.25) is 11.8 Å². The van der Waals surface area contributed by atoms with Gasteiger partial charge in [0.05, 0.1) is 25.8 Å². The first-order chi connectivity index (χ1) is 10.1. The highest BCUT2D eigenvalue weighted by atomic mass is 16.5. The van der Waals surface area contributed by atoms with Gasteiger partial charge in [0, 0.05) is 25.6 Å². The molecule has 0 radical (unpaired) electrons. The predicted octanol–water partition coefficient (Wildman–Crippen LogP) is 1.19. The maximum absolute atomic E-state index is 12.2. The highest BCUT2D eigenvalue weighted by molar-refractivity contribution is 6.01. The molecule has 1 aromatic rings. The number of nitrogens with zero attached hydrogens (tertiary/aromatic N) is 1. The fourth-order valence-corrected chi connectivity index (χ4v) is 2.44. The second-order valence-electron chi connectivity index (χ2n) is 4.84. The van der Waals surface area contributed by atoms with Crippen LogP contribution in [0.3, 0.4) is 0 Å². The lowest BCUT2D eigenvalue weighted by Crippen LogP contribution is -2.32. The van der Waals surface area contributed by atoms with E-state index >= 15 is 0 Å². The molecular formula is C15H20N2O4. The molecule has 0 aliphatic carbocycles. The monoisotopic (exact) mass is 292 g/mol. The number of amides is 2. The van der Waals surface area contributed by atoms with Crippen LogP contribution < -0.4 is 19.7 Å². The molecule has 2 amide bonds. The molecule has 1 fully saturated rings. The first kappa shape index (κ1) is 15.2. The third kappa shape index (κ3) is 3.09. The van der Waals surface area contributed by atoms with Crippen molar-refractivity contribution < 1.29 is 19.1 Å². The van der Waals surface area contributed by atoms with E-state index < -0.39 is 0 Å². The fraction of sp³-hybridized carbons (Fsp3) is 0.467. The Morgan fingerprint density at radius 2 is 2.14 bits per heavy atom. The lowest BCUT2D eigenvalue weighted by molar-refractivity contribution is -0.126. The molecule has 6 heteroatoms. The number of ether oxygens (including phenoxy) is 2. The molecule has 0 aromatic heterocycles. The van der Waals surface area contributed by atoms with Crippen molar-refractivity contribution in [2.75, 3.05) is 32.2 Å². The molecule has 1 aliphatic rings. The molecule has 1 aromatic carbocycles. The summed E-state index contributed by atoms with van der Waals surface area (Å²) in [6, 6.07) is 5.27. The minimum absolute atomic E-state index is 0.0854. The summed E-state index contributed by atoms with van der Waals surface area (Å²) in [6.45, 7) is 2.78. The van der Waals surface area contributed by atoms with Crippen molar-refractivity contribution in [2.24, 2.45) is 5.92 Å². The van der Waals surface area contributed by atoms with E-state index in [2.05, 4.69) is 5.32 Å². The molecule has 0 spiro atoms. The number of hydrogen-bond acceptors (Lipinski definition) is 4. The average Bonchev–Trinajstić information content (AvgIpc) is 2.88. The molecule has 1 atom stereocenters. The molecule has 2 rings (SSSR count). The Labute approximate surface area is 124 Å². The second kappa shape index (κ2) is 6.47. The van der Waals surface area contributed by atoms with Gasteiger partial charge in [-0.1, -0.05) is 0 Å². The van der Waals surface area contributed by atoms with E-state index in [0.717, 1.165) is 0 Å². The average molecular weight is 292 g/mol. The molecule has 1 N–H and O–H groups in total. The van der Waals surface area contributed by atoms with Crippen LogP contribution in [0, 0.1) is 5.92 Å². The summed E-state index contributed by atoms with van der Waals surface area (Å²) in [5.74, 6) is 0.724. The van der Waals surface area contributed by atoms with Gasteiger partial charge in [0.25, 0.3) is 0 Å². The summed E-state index contributed by atoms with van der Waals surface area (Å²) in [7, 11) is 3.11. The third-order valence-corrected chi connectivity index (χ3v) is 3.52. The summed E-state index contributed by atoms with van der Waals surface area (Å²) in [6.07, 6.45) is 0.214. The van der Waals surface area contributed by atoms with Gasteiger partial charge < -0.3 is 19.7 Å². The van der Waals surface area contributed by atoms with Crippen molar-refractivity contribution in [3.05, 3.63) is 18.2 Å². The van der Waals surface area contributed by atoms with E-state index in [1.807, 2.05) is 6.92 Å². The highest BCUT2D eigenvalue weighted by Gasteiger charge is 2.36. The zero-order chi connectivity index (χ0) is 15.4. The van der Waals surface area contributed by atoms with Crippen LogP contribution >= 0.6 is 0 Å². The zero-order valence-corrected chi connectivity index (χ0v) is 12.5. The van der Waals surface area contributed by atoms with Gasteiger partial charge in [-0.15, -0.1) is 0 Å². The van der Waals surface area contributed by atoms with Crippen LogP contribution in [0.4, 0.5) is 5.69 Å². The Kier molecular flexibility index (Phi) is 4.67. The maximum atomic E-state index is 12.2. The second-order valence-corrected chi connectivity index (χ2v) is 4.84. The largest absolute Gasteiger partial charge is 0.497 e. The lowest BCUT2D eigenvalue weighted by atomic mass is 10.1. The van der Waals surface area contributed by atoms with Gasteiger partial charge in [-0.05, 0) is 19.1 Å². The summed E-state index contributed by atoms with van der Waals surface area (Å²) < 4.78 is 10.5. The topological polar surface area (TPSA) is 67.9 Å². The number of rotatable bonds is 5. The zero-order valence-electron chi connectivity index (χ0n) is 12.5. The maximum Gasteiger partial charge on any atom is 0.227 e. The molecule has 114 valence electrons. The number of methoxy groups -OCH3 is 2. The Balaban J connectivity index is 2.25. The standard InChI is InChI=1S/C15H20N2O4/c1-4-16-15(19)10-7-14(18)17(9-10)12-8-11(20-2)5-6-13(12)21-3/h5-6,8,10H,4,7,9H2,1-3H3,(H,16,19)/t10-/m0/s1. The molecule has 21 heavy (non-hydrogen) atoms. The van der Waals surface area contributed by atoms with Crippen LogP contribution in [0.25, 0.3) is 0 Å². The van der Waals surface area contributed by atoms with Crippen molar-refractivity contribution in [1.29, 1.82) is 0 Å². The number of anilines is 1. The summed E-state index contributed by atoms with van der Waals surface area (Å²) in [5.41, 5.74) is 0.633. The van der Waals surface area contributed by atoms with Crippen LogP contribution in [0.1, 0.15) is 13.3 Å². The number of carbonyl (C=O) groups is 2. The Morgan fingerprint density at radius 1 is 1.38 bits per heavy atom. The van der Waals surface area contributed by atoms with Crippen LogP contribution in [-0.2, 0) is 9.59 Å². The smallest absolute Gasteiger partial charge is 0.227 e. The van der Waals surface area contributed by atoms with E-state index in [0.29, 0.717) is 30.3 Å². The van der Waals surface area contributed by atoms with Crippen LogP contribution in [0.5, 0.6) is 11.5 Å². The van der Waals surface area contributed by atoms with E-state index in [-0.39, 0.29) is 24.2 Å². The molecule has 1 aliphatic heterocycles. The first-order valence-electron chi connectivity index (χ1n) is 6.90. The number of nitrogens with one attached hydrogen (secondary N) is 1. The Bertz CT molecular complexity index is 544. The molecule has 6 nitrogen and oxygen atoms in total. The summed E-state index contributed by atoms with van der Waals surface area (Å²) >= 11 is 0. The summed E-state index contributed by atoms with van der Waals surface area (Å²) in [5, 5.41) is 2.76. The predicted molar refractivity (Wildman–Crippen MR) is 78.7 cm³/mol. The molecule has 1 heterocycles.